The minimum absolute atomic E-state index is 0.0965. The maximum Gasteiger partial charge on any atom is 0.490 e. The zero-order valence-electron chi connectivity index (χ0n) is 16.7. The Labute approximate surface area is 182 Å². The lowest BCUT2D eigenvalue weighted by atomic mass is 9.92. The highest BCUT2D eigenvalue weighted by Gasteiger charge is 2.38. The van der Waals surface area contributed by atoms with Gasteiger partial charge in [-0.2, -0.15) is 13.2 Å². The molecule has 1 aliphatic carbocycles. The van der Waals surface area contributed by atoms with E-state index in [1.807, 2.05) is 6.07 Å². The maximum atomic E-state index is 13.0. The minimum atomic E-state index is -5.08. The molecule has 176 valence electrons. The number of nitrogens with zero attached hydrogens (tertiary/aromatic N) is 4. The Bertz CT molecular complexity index is 1180. The predicted octanol–water partition coefficient (Wildman–Crippen LogP) is 2.76. The lowest BCUT2D eigenvalue weighted by Gasteiger charge is -2.21. The average Bonchev–Trinajstić information content (AvgIpc) is 3.16. The number of nitrogens with one attached hydrogen (secondary N) is 1. The van der Waals surface area contributed by atoms with Crippen LogP contribution in [0.15, 0.2) is 30.6 Å². The van der Waals surface area contributed by atoms with E-state index in [-0.39, 0.29) is 17.3 Å². The molecule has 0 saturated carbocycles. The van der Waals surface area contributed by atoms with Crippen molar-refractivity contribution >= 4 is 23.2 Å². The Balaban J connectivity index is 0.000000383. The van der Waals surface area contributed by atoms with Crippen molar-refractivity contribution in [2.45, 2.75) is 37.9 Å². The zero-order chi connectivity index (χ0) is 24.3. The van der Waals surface area contributed by atoms with Crippen molar-refractivity contribution in [3.05, 3.63) is 53.2 Å². The van der Waals surface area contributed by atoms with E-state index in [2.05, 4.69) is 20.5 Å². The van der Waals surface area contributed by atoms with E-state index in [1.165, 1.54) is 18.3 Å². The number of carbonyl (C=O) groups is 2. The summed E-state index contributed by atoms with van der Waals surface area (Å²) in [5, 5.41) is 17.0. The molecule has 0 fully saturated rings. The number of hydrogen-bond acceptors (Lipinski definition) is 6. The number of fused-ring (bicyclic) bond motifs is 2. The number of aliphatic carboxylic acids is 1. The summed E-state index contributed by atoms with van der Waals surface area (Å²) < 4.78 is 58.8. The summed E-state index contributed by atoms with van der Waals surface area (Å²) in [6.07, 6.45) is -2.53. The topological polar surface area (TPSA) is 135 Å². The van der Waals surface area contributed by atoms with Crippen LogP contribution >= 0.6 is 0 Å². The van der Waals surface area contributed by atoms with Gasteiger partial charge in [-0.3, -0.25) is 14.2 Å². The Morgan fingerprint density at radius 3 is 2.58 bits per heavy atom. The highest BCUT2D eigenvalue weighted by atomic mass is 19.4. The molecule has 3 heterocycles. The number of nitrogens with two attached hydrogens (primary N) is 1. The van der Waals surface area contributed by atoms with E-state index in [0.29, 0.717) is 5.69 Å². The molecule has 9 nitrogen and oxygen atoms in total. The first-order chi connectivity index (χ1) is 15.5. The van der Waals surface area contributed by atoms with E-state index < -0.39 is 30.3 Å². The molecular formula is C19H17F5N6O3. The number of amides is 1. The minimum Gasteiger partial charge on any atom is -0.475 e. The molecule has 14 heteroatoms. The van der Waals surface area contributed by atoms with Crippen molar-refractivity contribution in [2.24, 2.45) is 5.73 Å². The van der Waals surface area contributed by atoms with E-state index in [0.717, 1.165) is 34.9 Å². The summed E-state index contributed by atoms with van der Waals surface area (Å²) in [7, 11) is 0. The molecule has 0 spiro atoms. The summed E-state index contributed by atoms with van der Waals surface area (Å²) >= 11 is 0. The summed E-state index contributed by atoms with van der Waals surface area (Å²) in [6.45, 7) is 0. The van der Waals surface area contributed by atoms with Gasteiger partial charge in [0, 0.05) is 17.9 Å². The van der Waals surface area contributed by atoms with Crippen molar-refractivity contribution in [3.63, 3.8) is 0 Å². The van der Waals surface area contributed by atoms with Gasteiger partial charge in [0.15, 0.2) is 5.65 Å². The van der Waals surface area contributed by atoms with Crippen LogP contribution in [0.25, 0.3) is 5.65 Å². The summed E-state index contributed by atoms with van der Waals surface area (Å²) in [5.41, 5.74) is 9.01. The fourth-order valence-electron chi connectivity index (χ4n) is 3.11. The van der Waals surface area contributed by atoms with Gasteiger partial charge in [0.05, 0.1) is 17.4 Å². The second-order valence-electron chi connectivity index (χ2n) is 7.09. The van der Waals surface area contributed by atoms with Crippen molar-refractivity contribution < 1.29 is 36.6 Å². The number of anilines is 1. The second kappa shape index (κ2) is 9.44. The number of hydrogen-bond donors (Lipinski definition) is 3. The SMILES string of the molecule is NC1CCc2ncc(NC(=O)c3ccc4nnc(C(F)F)n4c3)cc2C1.O=C(O)C(F)(F)F. The Hall–Kier alpha value is -3.68. The van der Waals surface area contributed by atoms with Crippen LogP contribution < -0.4 is 11.1 Å². The van der Waals surface area contributed by atoms with Gasteiger partial charge in [0.1, 0.15) is 0 Å². The van der Waals surface area contributed by atoms with Gasteiger partial charge in [-0.15, -0.1) is 10.2 Å². The molecule has 1 unspecified atom stereocenters. The average molecular weight is 472 g/mol. The molecular weight excluding hydrogens is 455 g/mol. The number of alkyl halides is 5. The quantitative estimate of drug-likeness (QED) is 0.499. The van der Waals surface area contributed by atoms with Gasteiger partial charge in [-0.05, 0) is 43.0 Å². The lowest BCUT2D eigenvalue weighted by Crippen LogP contribution is -2.28. The van der Waals surface area contributed by atoms with Crippen LogP contribution in [0.2, 0.25) is 0 Å². The van der Waals surface area contributed by atoms with Crippen molar-refractivity contribution in [1.82, 2.24) is 19.6 Å². The first-order valence-electron chi connectivity index (χ1n) is 9.43. The maximum absolute atomic E-state index is 13.0. The second-order valence-corrected chi connectivity index (χ2v) is 7.09. The predicted molar refractivity (Wildman–Crippen MR) is 104 cm³/mol. The van der Waals surface area contributed by atoms with Crippen LogP contribution in [-0.2, 0) is 17.6 Å². The molecule has 0 saturated heterocycles. The molecule has 0 aliphatic heterocycles. The first kappa shape index (κ1) is 24.0. The number of rotatable bonds is 3. The molecule has 3 aromatic rings. The molecule has 0 radical (unpaired) electrons. The van der Waals surface area contributed by atoms with E-state index in [4.69, 9.17) is 15.6 Å². The highest BCUT2D eigenvalue weighted by molar-refractivity contribution is 6.04. The normalized spacial score (nSPS) is 15.5. The van der Waals surface area contributed by atoms with E-state index in [1.54, 1.807) is 6.20 Å². The molecule has 3 aromatic heterocycles. The lowest BCUT2D eigenvalue weighted by molar-refractivity contribution is -0.192. The molecule has 0 bridgehead atoms. The van der Waals surface area contributed by atoms with Crippen LogP contribution in [-0.4, -0.2) is 48.8 Å². The molecule has 0 aromatic carbocycles. The Morgan fingerprint density at radius 2 is 1.94 bits per heavy atom. The number of carboxylic acids is 1. The third kappa shape index (κ3) is 5.77. The first-order valence-corrected chi connectivity index (χ1v) is 9.43. The van der Waals surface area contributed by atoms with E-state index >= 15 is 0 Å². The fourth-order valence-corrected chi connectivity index (χ4v) is 3.11. The molecule has 4 rings (SSSR count). The molecule has 4 N–H and O–H groups in total. The molecule has 1 amide bonds. The smallest absolute Gasteiger partial charge is 0.475 e. The van der Waals surface area contributed by atoms with Gasteiger partial charge >= 0.3 is 12.1 Å². The monoisotopic (exact) mass is 472 g/mol. The van der Waals surface area contributed by atoms with E-state index in [9.17, 15) is 26.7 Å². The van der Waals surface area contributed by atoms with Crippen LogP contribution in [0.1, 0.15) is 40.3 Å². The highest BCUT2D eigenvalue weighted by Crippen LogP contribution is 2.22. The Kier molecular flexibility index (Phi) is 6.86. The standard InChI is InChI=1S/C17H16F2N6O.C2HF3O2/c18-15(19)16-24-23-14-4-1-9(8-25(14)16)17(26)22-12-6-10-5-11(20)2-3-13(10)21-7-12;3-2(4,5)1(6)7/h1,4,6-8,11,15H,2-3,5,20H2,(H,22,26);(H,6,7). The molecule has 1 atom stereocenters. The third-order valence-corrected chi connectivity index (χ3v) is 4.68. The van der Waals surface area contributed by atoms with Gasteiger partial charge < -0.3 is 16.2 Å². The van der Waals surface area contributed by atoms with Crippen LogP contribution in [0.5, 0.6) is 0 Å². The number of aromatic nitrogens is 4. The number of carbonyl (C=O) groups excluding carboxylic acids is 1. The van der Waals surface area contributed by atoms with Crippen molar-refractivity contribution in [2.75, 3.05) is 5.32 Å². The summed E-state index contributed by atoms with van der Waals surface area (Å²) in [5.74, 6) is -3.69. The number of aryl methyl sites for hydroxylation is 1. The van der Waals surface area contributed by atoms with Crippen molar-refractivity contribution in [3.8, 4) is 0 Å². The van der Waals surface area contributed by atoms with Gasteiger partial charge in [0.25, 0.3) is 12.3 Å². The molecule has 33 heavy (non-hydrogen) atoms. The zero-order valence-corrected chi connectivity index (χ0v) is 16.7. The summed E-state index contributed by atoms with van der Waals surface area (Å²) in [4.78, 5) is 25.8. The summed E-state index contributed by atoms with van der Waals surface area (Å²) in [6, 6.07) is 4.94. The molecule has 1 aliphatic rings. The van der Waals surface area contributed by atoms with Crippen molar-refractivity contribution in [1.29, 1.82) is 0 Å². The number of carboxylic acid groups (broad SMARTS) is 1. The van der Waals surface area contributed by atoms with Gasteiger partial charge in [-0.25, -0.2) is 13.6 Å². The largest absolute Gasteiger partial charge is 0.490 e. The van der Waals surface area contributed by atoms with Crippen LogP contribution in [0.3, 0.4) is 0 Å². The van der Waals surface area contributed by atoms with Crippen LogP contribution in [0, 0.1) is 0 Å². The third-order valence-electron chi connectivity index (χ3n) is 4.68. The van der Waals surface area contributed by atoms with Gasteiger partial charge in [-0.1, -0.05) is 0 Å². The van der Waals surface area contributed by atoms with Gasteiger partial charge in [0.2, 0.25) is 5.82 Å². The number of pyridine rings is 2. The number of halogens is 5. The fraction of sp³-hybridized carbons (Fsp3) is 0.316. The Morgan fingerprint density at radius 1 is 1.24 bits per heavy atom. The van der Waals surface area contributed by atoms with Crippen LogP contribution in [0.4, 0.5) is 27.6 Å².